The number of carbonyl (C=O) groups excluding carboxylic acids is 2. The lowest BCUT2D eigenvalue weighted by molar-refractivity contribution is -0.122. The predicted octanol–water partition coefficient (Wildman–Crippen LogP) is 5.56. The molecule has 0 fully saturated rings. The van der Waals surface area contributed by atoms with Crippen LogP contribution in [0.3, 0.4) is 0 Å². The van der Waals surface area contributed by atoms with E-state index < -0.39 is 0 Å². The molecule has 0 saturated heterocycles. The maximum Gasteiger partial charge on any atom is 0.194 e. The molecule has 2 aromatic rings. The van der Waals surface area contributed by atoms with E-state index in [0.29, 0.717) is 12.2 Å². The first-order valence-corrected chi connectivity index (χ1v) is 10.4. The molecule has 0 aliphatic heterocycles. The van der Waals surface area contributed by atoms with Crippen LogP contribution in [-0.4, -0.2) is 11.6 Å². The van der Waals surface area contributed by atoms with Crippen molar-refractivity contribution in [2.75, 3.05) is 0 Å². The Balaban J connectivity index is 1.95. The topological polar surface area (TPSA) is 34.1 Å². The zero-order chi connectivity index (χ0) is 20.2. The van der Waals surface area contributed by atoms with Gasteiger partial charge in [-0.25, -0.2) is 0 Å². The largest absolute Gasteiger partial charge is 0.299 e. The number of aryl methyl sites for hydroxylation is 1. The summed E-state index contributed by atoms with van der Waals surface area (Å²) in [5.74, 6) is 0.545. The first kappa shape index (κ1) is 18.9. The molecule has 0 amide bonds. The first-order valence-electron chi connectivity index (χ1n) is 10.4. The summed E-state index contributed by atoms with van der Waals surface area (Å²) in [7, 11) is 0. The van der Waals surface area contributed by atoms with Crippen LogP contribution in [0.5, 0.6) is 0 Å². The fourth-order valence-electron chi connectivity index (χ4n) is 5.34. The highest BCUT2D eigenvalue weighted by atomic mass is 16.1. The van der Waals surface area contributed by atoms with Gasteiger partial charge in [0.1, 0.15) is 5.78 Å². The highest BCUT2D eigenvalue weighted by Gasteiger charge is 2.35. The van der Waals surface area contributed by atoms with Gasteiger partial charge in [0, 0.05) is 23.5 Å². The standard InChI is InChI=1S/C26H28O2/c1-6-17-9-8-10-20-24(17)16(5)23-14(3)19-12-11-18(22(27)7-2)13-21(19)15(4)25(23)26(20)28/h8-10,18H,5-7,11-13H2,1-4H3. The Morgan fingerprint density at radius 2 is 1.79 bits per heavy atom. The Morgan fingerprint density at radius 1 is 1.07 bits per heavy atom. The summed E-state index contributed by atoms with van der Waals surface area (Å²) in [6, 6.07) is 6.01. The van der Waals surface area contributed by atoms with Gasteiger partial charge in [-0.2, -0.15) is 0 Å². The number of carbonyl (C=O) groups is 2. The van der Waals surface area contributed by atoms with E-state index >= 15 is 0 Å². The molecule has 2 nitrogen and oxygen atoms in total. The van der Waals surface area contributed by atoms with Crippen molar-refractivity contribution in [3.05, 3.63) is 74.8 Å². The van der Waals surface area contributed by atoms with E-state index in [2.05, 4.69) is 33.4 Å². The number of Topliss-reactive ketones (excluding diaryl/α,β-unsaturated/α-hetero) is 1. The molecule has 2 aliphatic carbocycles. The molecule has 2 heteroatoms. The van der Waals surface area contributed by atoms with E-state index in [9.17, 15) is 9.59 Å². The number of hydrogen-bond acceptors (Lipinski definition) is 2. The van der Waals surface area contributed by atoms with Crippen molar-refractivity contribution in [2.45, 2.75) is 59.8 Å². The van der Waals surface area contributed by atoms with Gasteiger partial charge in [0.15, 0.2) is 5.78 Å². The molecule has 144 valence electrons. The predicted molar refractivity (Wildman–Crippen MR) is 114 cm³/mol. The second-order valence-electron chi connectivity index (χ2n) is 8.22. The van der Waals surface area contributed by atoms with Gasteiger partial charge in [0.2, 0.25) is 0 Å². The van der Waals surface area contributed by atoms with Gasteiger partial charge in [-0.15, -0.1) is 0 Å². The molecule has 1 unspecified atom stereocenters. The first-order chi connectivity index (χ1) is 13.4. The van der Waals surface area contributed by atoms with Gasteiger partial charge in [-0.05, 0) is 84.0 Å². The summed E-state index contributed by atoms with van der Waals surface area (Å²) < 4.78 is 0. The highest BCUT2D eigenvalue weighted by molar-refractivity contribution is 6.20. The molecule has 0 aromatic heterocycles. The third kappa shape index (κ3) is 2.54. The number of hydrogen-bond donors (Lipinski definition) is 0. The average molecular weight is 373 g/mol. The van der Waals surface area contributed by atoms with Crippen molar-refractivity contribution in [1.82, 2.24) is 0 Å². The van der Waals surface area contributed by atoms with E-state index in [0.717, 1.165) is 59.1 Å². The van der Waals surface area contributed by atoms with Gasteiger partial charge in [0.05, 0.1) is 0 Å². The minimum Gasteiger partial charge on any atom is -0.299 e. The van der Waals surface area contributed by atoms with Crippen LogP contribution in [0.4, 0.5) is 0 Å². The van der Waals surface area contributed by atoms with E-state index in [1.807, 2.05) is 19.1 Å². The van der Waals surface area contributed by atoms with Gasteiger partial charge in [0.25, 0.3) is 0 Å². The molecule has 2 aliphatic rings. The van der Waals surface area contributed by atoms with Crippen molar-refractivity contribution < 1.29 is 9.59 Å². The Bertz CT molecular complexity index is 1040. The molecular weight excluding hydrogens is 344 g/mol. The Labute approximate surface area is 167 Å². The lowest BCUT2D eigenvalue weighted by Gasteiger charge is -2.33. The van der Waals surface area contributed by atoms with Crippen LogP contribution in [0.25, 0.3) is 5.57 Å². The van der Waals surface area contributed by atoms with Gasteiger partial charge < -0.3 is 0 Å². The van der Waals surface area contributed by atoms with E-state index in [1.54, 1.807) is 0 Å². The number of ketones is 2. The van der Waals surface area contributed by atoms with Gasteiger partial charge in [-0.1, -0.05) is 38.6 Å². The summed E-state index contributed by atoms with van der Waals surface area (Å²) >= 11 is 0. The quantitative estimate of drug-likeness (QED) is 0.603. The zero-order valence-electron chi connectivity index (χ0n) is 17.4. The highest BCUT2D eigenvalue weighted by Crippen LogP contribution is 2.44. The van der Waals surface area contributed by atoms with Gasteiger partial charge >= 0.3 is 0 Å². The monoisotopic (exact) mass is 372 g/mol. The molecule has 0 spiro atoms. The summed E-state index contributed by atoms with van der Waals surface area (Å²) in [6.45, 7) is 12.7. The molecule has 0 radical (unpaired) electrons. The van der Waals surface area contributed by atoms with Crippen LogP contribution in [0.1, 0.15) is 81.6 Å². The Kier molecular flexibility index (Phi) is 4.61. The molecule has 1 atom stereocenters. The third-order valence-corrected chi connectivity index (χ3v) is 6.87. The molecule has 2 aromatic carbocycles. The fraction of sp³-hybridized carbons (Fsp3) is 0.385. The molecule has 28 heavy (non-hydrogen) atoms. The van der Waals surface area contributed by atoms with Crippen molar-refractivity contribution in [3.8, 4) is 0 Å². The van der Waals surface area contributed by atoms with Crippen molar-refractivity contribution in [3.63, 3.8) is 0 Å². The molecule has 4 rings (SSSR count). The average Bonchev–Trinajstić information content (AvgIpc) is 2.72. The summed E-state index contributed by atoms with van der Waals surface area (Å²) in [5.41, 5.74) is 10.6. The Morgan fingerprint density at radius 3 is 2.46 bits per heavy atom. The molecule has 0 bridgehead atoms. The molecule has 0 saturated carbocycles. The van der Waals surface area contributed by atoms with E-state index in [4.69, 9.17) is 0 Å². The van der Waals surface area contributed by atoms with Crippen LogP contribution in [0.2, 0.25) is 0 Å². The van der Waals surface area contributed by atoms with Crippen LogP contribution in [0, 0.1) is 19.8 Å². The van der Waals surface area contributed by atoms with Crippen LogP contribution >= 0.6 is 0 Å². The van der Waals surface area contributed by atoms with Crippen LogP contribution in [-0.2, 0) is 24.1 Å². The summed E-state index contributed by atoms with van der Waals surface area (Å²) in [6.07, 6.45) is 4.06. The molecular formula is C26H28O2. The summed E-state index contributed by atoms with van der Waals surface area (Å²) in [4.78, 5) is 25.9. The van der Waals surface area contributed by atoms with Crippen LogP contribution in [0.15, 0.2) is 24.8 Å². The lowest BCUT2D eigenvalue weighted by Crippen LogP contribution is -2.27. The molecule has 0 N–H and O–H groups in total. The fourth-order valence-corrected chi connectivity index (χ4v) is 5.34. The van der Waals surface area contributed by atoms with E-state index in [-0.39, 0.29) is 11.7 Å². The number of rotatable bonds is 3. The SMILES string of the molecule is C=C1c2c(CC)cccc2C(=O)c2c(C)c3c(c(C)c21)CCC(C(=O)CC)C3. The van der Waals surface area contributed by atoms with Crippen molar-refractivity contribution >= 4 is 17.1 Å². The maximum absolute atomic E-state index is 13.5. The number of benzene rings is 2. The van der Waals surface area contributed by atoms with Gasteiger partial charge in [-0.3, -0.25) is 9.59 Å². The normalized spacial score (nSPS) is 17.8. The van der Waals surface area contributed by atoms with Crippen molar-refractivity contribution in [2.24, 2.45) is 5.92 Å². The summed E-state index contributed by atoms with van der Waals surface area (Å²) in [5, 5.41) is 0. The zero-order valence-corrected chi connectivity index (χ0v) is 17.4. The van der Waals surface area contributed by atoms with Crippen LogP contribution < -0.4 is 0 Å². The second-order valence-corrected chi connectivity index (χ2v) is 8.22. The number of fused-ring (bicyclic) bond motifs is 3. The Hall–Kier alpha value is -2.48. The second kappa shape index (κ2) is 6.84. The lowest BCUT2D eigenvalue weighted by atomic mass is 9.70. The van der Waals surface area contributed by atoms with Crippen molar-refractivity contribution in [1.29, 1.82) is 0 Å². The van der Waals surface area contributed by atoms with E-state index in [1.165, 1.54) is 22.3 Å². The third-order valence-electron chi connectivity index (χ3n) is 6.87. The minimum atomic E-state index is 0.0922. The molecule has 0 heterocycles. The minimum absolute atomic E-state index is 0.0922. The smallest absolute Gasteiger partial charge is 0.194 e. The maximum atomic E-state index is 13.5.